The van der Waals surface area contributed by atoms with Gasteiger partial charge in [-0.25, -0.2) is 0 Å². The molecule has 9 atom stereocenters. The van der Waals surface area contributed by atoms with Crippen LogP contribution in [0.25, 0.3) is 0 Å². The maximum atomic E-state index is 9.83. The minimum absolute atomic E-state index is 0.708. The first-order valence-corrected chi connectivity index (χ1v) is 7.00. The predicted octanol–water partition coefficient (Wildman–Crippen LogP) is -5.76. The van der Waals surface area contributed by atoms with Crippen molar-refractivity contribution in [3.05, 3.63) is 0 Å². The minimum atomic E-state index is -1.85. The Morgan fingerprint density at radius 1 is 0.826 bits per heavy atom. The molecule has 1 heterocycles. The summed E-state index contributed by atoms with van der Waals surface area (Å²) in [5.41, 5.74) is 0. The van der Waals surface area contributed by atoms with Gasteiger partial charge < -0.3 is 55.4 Å². The standard InChI is InChI=1S/C12H24O11/c13-1-4(16)7(18)11(5(17)2-14)23-12-10(21)9(20)8(19)6(3-15)22-12/h4-21H,1-3H2/t4-,5-,6-,7-,8-,9+,10-,11-,12?/m1/s1. The molecule has 0 amide bonds. The Morgan fingerprint density at radius 3 is 1.87 bits per heavy atom. The molecule has 0 bridgehead atoms. The number of rotatable bonds is 8. The van der Waals surface area contributed by atoms with E-state index < -0.39 is 74.9 Å². The molecule has 9 N–H and O–H groups in total. The second kappa shape index (κ2) is 9.15. The summed E-state index contributed by atoms with van der Waals surface area (Å²) < 4.78 is 10.1. The molecule has 0 aromatic carbocycles. The summed E-state index contributed by atoms with van der Waals surface area (Å²) in [6, 6.07) is 0. The van der Waals surface area contributed by atoms with Crippen molar-refractivity contribution in [2.45, 2.75) is 55.1 Å². The van der Waals surface area contributed by atoms with Gasteiger partial charge in [-0.3, -0.25) is 0 Å². The van der Waals surface area contributed by atoms with Gasteiger partial charge in [0.1, 0.15) is 48.8 Å². The van der Waals surface area contributed by atoms with Gasteiger partial charge in [-0.1, -0.05) is 0 Å². The van der Waals surface area contributed by atoms with Crippen LogP contribution >= 0.6 is 0 Å². The fraction of sp³-hybridized carbons (Fsp3) is 1.00. The Morgan fingerprint density at radius 2 is 1.39 bits per heavy atom. The molecule has 1 unspecified atom stereocenters. The third-order valence-corrected chi connectivity index (χ3v) is 3.62. The Kier molecular flexibility index (Phi) is 8.20. The molecule has 1 rings (SSSR count). The lowest BCUT2D eigenvalue weighted by Crippen LogP contribution is -2.61. The molecule has 1 fully saturated rings. The van der Waals surface area contributed by atoms with E-state index in [1.54, 1.807) is 0 Å². The molecular weight excluding hydrogens is 320 g/mol. The number of aliphatic hydroxyl groups excluding tert-OH is 9. The summed E-state index contributed by atoms with van der Waals surface area (Å²) in [6.07, 6.45) is -15.1. The highest BCUT2D eigenvalue weighted by molar-refractivity contribution is 4.91. The van der Waals surface area contributed by atoms with Crippen molar-refractivity contribution in [1.29, 1.82) is 0 Å². The molecule has 138 valence electrons. The number of hydrogen-bond acceptors (Lipinski definition) is 11. The van der Waals surface area contributed by atoms with Gasteiger partial charge in [0.25, 0.3) is 0 Å². The Bertz CT molecular complexity index is 341. The molecule has 1 saturated heterocycles. The van der Waals surface area contributed by atoms with Crippen LogP contribution in [0.5, 0.6) is 0 Å². The summed E-state index contributed by atoms with van der Waals surface area (Å²) in [5, 5.41) is 84.9. The number of aliphatic hydroxyl groups is 9. The first-order valence-electron chi connectivity index (χ1n) is 7.00. The van der Waals surface area contributed by atoms with Crippen LogP contribution in [-0.4, -0.2) is 121 Å². The van der Waals surface area contributed by atoms with Crippen molar-refractivity contribution >= 4 is 0 Å². The van der Waals surface area contributed by atoms with Crippen LogP contribution in [0.2, 0.25) is 0 Å². The fourth-order valence-corrected chi connectivity index (χ4v) is 2.16. The maximum Gasteiger partial charge on any atom is 0.187 e. The first-order chi connectivity index (χ1) is 10.8. The second-order valence-electron chi connectivity index (χ2n) is 5.29. The van der Waals surface area contributed by atoms with Gasteiger partial charge in [0.05, 0.1) is 19.8 Å². The lowest BCUT2D eigenvalue weighted by Gasteiger charge is -2.42. The summed E-state index contributed by atoms with van der Waals surface area (Å²) in [5.74, 6) is 0. The number of hydrogen-bond donors (Lipinski definition) is 9. The molecule has 0 radical (unpaired) electrons. The van der Waals surface area contributed by atoms with E-state index >= 15 is 0 Å². The van der Waals surface area contributed by atoms with Gasteiger partial charge in [-0.2, -0.15) is 0 Å². The summed E-state index contributed by atoms with van der Waals surface area (Å²) >= 11 is 0. The van der Waals surface area contributed by atoms with E-state index in [2.05, 4.69) is 0 Å². The quantitative estimate of drug-likeness (QED) is 0.203. The lowest BCUT2D eigenvalue weighted by molar-refractivity contribution is -0.327. The zero-order valence-electron chi connectivity index (χ0n) is 12.2. The van der Waals surface area contributed by atoms with Crippen LogP contribution in [0.1, 0.15) is 0 Å². The van der Waals surface area contributed by atoms with Crippen LogP contribution in [-0.2, 0) is 9.47 Å². The molecule has 23 heavy (non-hydrogen) atoms. The van der Waals surface area contributed by atoms with Crippen molar-refractivity contribution in [2.24, 2.45) is 0 Å². The highest BCUT2D eigenvalue weighted by Gasteiger charge is 2.46. The molecule has 1 aliphatic heterocycles. The topological polar surface area (TPSA) is 201 Å². The molecule has 0 spiro atoms. The highest BCUT2D eigenvalue weighted by Crippen LogP contribution is 2.24. The summed E-state index contributed by atoms with van der Waals surface area (Å²) in [6.45, 7) is -2.45. The number of ether oxygens (including phenoxy) is 2. The van der Waals surface area contributed by atoms with Crippen LogP contribution in [0, 0.1) is 0 Å². The van der Waals surface area contributed by atoms with Crippen molar-refractivity contribution in [3.63, 3.8) is 0 Å². The monoisotopic (exact) mass is 344 g/mol. The van der Waals surface area contributed by atoms with Crippen LogP contribution < -0.4 is 0 Å². The summed E-state index contributed by atoms with van der Waals surface area (Å²) in [4.78, 5) is 0. The first kappa shape index (κ1) is 20.6. The van der Waals surface area contributed by atoms with Gasteiger partial charge in [0, 0.05) is 0 Å². The molecule has 0 aliphatic carbocycles. The largest absolute Gasteiger partial charge is 0.394 e. The molecule has 11 nitrogen and oxygen atoms in total. The van der Waals surface area contributed by atoms with Gasteiger partial charge in [0.15, 0.2) is 6.29 Å². The van der Waals surface area contributed by atoms with E-state index in [-0.39, 0.29) is 0 Å². The molecule has 0 saturated carbocycles. The Labute approximate surface area is 131 Å². The average Bonchev–Trinajstić information content (AvgIpc) is 2.57. The Balaban J connectivity index is 2.89. The van der Waals surface area contributed by atoms with Crippen molar-refractivity contribution in [2.75, 3.05) is 19.8 Å². The minimum Gasteiger partial charge on any atom is -0.394 e. The smallest absolute Gasteiger partial charge is 0.187 e. The zero-order chi connectivity index (χ0) is 17.7. The van der Waals surface area contributed by atoms with Crippen LogP contribution in [0.3, 0.4) is 0 Å². The fourth-order valence-electron chi connectivity index (χ4n) is 2.16. The van der Waals surface area contributed by atoms with Crippen LogP contribution in [0.4, 0.5) is 0 Å². The third-order valence-electron chi connectivity index (χ3n) is 3.62. The van der Waals surface area contributed by atoms with E-state index in [4.69, 9.17) is 24.8 Å². The third kappa shape index (κ3) is 4.78. The van der Waals surface area contributed by atoms with E-state index in [0.29, 0.717) is 0 Å². The molecular formula is C12H24O11. The van der Waals surface area contributed by atoms with Crippen molar-refractivity contribution < 1.29 is 55.4 Å². The molecule has 0 aromatic heterocycles. The average molecular weight is 344 g/mol. The van der Waals surface area contributed by atoms with Gasteiger partial charge in [0.2, 0.25) is 0 Å². The van der Waals surface area contributed by atoms with E-state index in [1.807, 2.05) is 0 Å². The van der Waals surface area contributed by atoms with Gasteiger partial charge in [-0.05, 0) is 0 Å². The molecule has 1 aliphatic rings. The van der Waals surface area contributed by atoms with Gasteiger partial charge in [-0.15, -0.1) is 0 Å². The lowest BCUT2D eigenvalue weighted by atomic mass is 9.98. The van der Waals surface area contributed by atoms with E-state index in [1.165, 1.54) is 0 Å². The molecule has 0 aromatic rings. The molecule has 11 heteroatoms. The van der Waals surface area contributed by atoms with E-state index in [0.717, 1.165) is 0 Å². The van der Waals surface area contributed by atoms with E-state index in [9.17, 15) is 30.6 Å². The summed E-state index contributed by atoms with van der Waals surface area (Å²) in [7, 11) is 0. The van der Waals surface area contributed by atoms with Gasteiger partial charge >= 0.3 is 0 Å². The SMILES string of the molecule is OC[C@@H](O)[C@@H](O)[C@H](OC1O[C@H](CO)[C@@H](O)[C@H](O)[C@H]1O)[C@H](O)CO. The zero-order valence-corrected chi connectivity index (χ0v) is 12.2. The second-order valence-corrected chi connectivity index (χ2v) is 5.29. The van der Waals surface area contributed by atoms with Crippen molar-refractivity contribution in [1.82, 2.24) is 0 Å². The Hall–Kier alpha value is -0.440. The highest BCUT2D eigenvalue weighted by atomic mass is 16.7. The predicted molar refractivity (Wildman–Crippen MR) is 70.8 cm³/mol. The normalized spacial score (nSPS) is 37.2. The van der Waals surface area contributed by atoms with Crippen LogP contribution in [0.15, 0.2) is 0 Å². The van der Waals surface area contributed by atoms with Crippen molar-refractivity contribution in [3.8, 4) is 0 Å². The maximum absolute atomic E-state index is 9.83.